The highest BCUT2D eigenvalue weighted by atomic mass is 79.9. The van der Waals surface area contributed by atoms with E-state index in [0.717, 1.165) is 13.0 Å². The average Bonchev–Trinajstić information content (AvgIpc) is 2.89. The number of aromatic amines is 1. The molecule has 6 heteroatoms. The van der Waals surface area contributed by atoms with Gasteiger partial charge in [-0.25, -0.2) is 4.98 Å². The molecule has 92 valence electrons. The summed E-state index contributed by atoms with van der Waals surface area (Å²) < 4.78 is 0.497. The minimum atomic E-state index is -0.135. The normalized spacial score (nSPS) is 28.3. The molecule has 2 N–H and O–H groups in total. The van der Waals surface area contributed by atoms with E-state index in [-0.39, 0.29) is 5.56 Å². The fraction of sp³-hybridized carbons (Fsp3) is 0.636. The van der Waals surface area contributed by atoms with Crippen molar-refractivity contribution in [3.05, 3.63) is 21.2 Å². The zero-order chi connectivity index (χ0) is 11.8. The van der Waals surface area contributed by atoms with Crippen LogP contribution in [0.15, 0.2) is 15.6 Å². The maximum Gasteiger partial charge on any atom is 0.267 e. The van der Waals surface area contributed by atoms with E-state index in [1.165, 1.54) is 25.7 Å². The lowest BCUT2D eigenvalue weighted by atomic mass is 10.1. The van der Waals surface area contributed by atoms with Crippen molar-refractivity contribution in [1.82, 2.24) is 14.9 Å². The Morgan fingerprint density at radius 2 is 2.35 bits per heavy atom. The van der Waals surface area contributed by atoms with Crippen LogP contribution in [0.3, 0.4) is 0 Å². The van der Waals surface area contributed by atoms with E-state index in [0.29, 0.717) is 22.4 Å². The number of hydrogen-bond donors (Lipinski definition) is 2. The number of H-pyrrole nitrogens is 1. The van der Waals surface area contributed by atoms with Gasteiger partial charge in [-0.15, -0.1) is 0 Å². The molecule has 3 heterocycles. The first-order valence-electron chi connectivity index (χ1n) is 5.99. The summed E-state index contributed by atoms with van der Waals surface area (Å²) >= 11 is 3.28. The summed E-state index contributed by atoms with van der Waals surface area (Å²) in [6, 6.07) is 1.03. The maximum atomic E-state index is 11.4. The second-order valence-electron chi connectivity index (χ2n) is 4.68. The molecule has 0 bridgehead atoms. The summed E-state index contributed by atoms with van der Waals surface area (Å²) in [6.07, 6.45) is 5.10. The van der Waals surface area contributed by atoms with Gasteiger partial charge in [0.1, 0.15) is 10.3 Å². The van der Waals surface area contributed by atoms with Crippen LogP contribution in [0.5, 0.6) is 0 Å². The molecule has 2 atom stereocenters. The van der Waals surface area contributed by atoms with Crippen molar-refractivity contribution < 1.29 is 0 Å². The molecular formula is C11H15BrN4O. The Kier molecular flexibility index (Phi) is 2.92. The topological polar surface area (TPSA) is 61.0 Å². The van der Waals surface area contributed by atoms with Gasteiger partial charge < -0.3 is 10.3 Å². The van der Waals surface area contributed by atoms with Crippen molar-refractivity contribution in [2.45, 2.75) is 31.3 Å². The van der Waals surface area contributed by atoms with Crippen LogP contribution in [0.1, 0.15) is 19.3 Å². The molecule has 2 unspecified atom stereocenters. The monoisotopic (exact) mass is 298 g/mol. The number of anilines is 1. The Balaban J connectivity index is 1.79. The lowest BCUT2D eigenvalue weighted by Crippen LogP contribution is -2.34. The molecule has 3 rings (SSSR count). The highest BCUT2D eigenvalue weighted by molar-refractivity contribution is 9.10. The Morgan fingerprint density at radius 1 is 1.47 bits per heavy atom. The smallest absolute Gasteiger partial charge is 0.267 e. The minimum Gasteiger partial charge on any atom is -0.365 e. The molecule has 2 aliphatic rings. The van der Waals surface area contributed by atoms with Crippen molar-refractivity contribution in [2.75, 3.05) is 18.4 Å². The summed E-state index contributed by atoms with van der Waals surface area (Å²) in [4.78, 5) is 20.7. The van der Waals surface area contributed by atoms with E-state index in [4.69, 9.17) is 0 Å². The van der Waals surface area contributed by atoms with E-state index >= 15 is 0 Å². The lowest BCUT2D eigenvalue weighted by Gasteiger charge is -2.21. The molecule has 0 aliphatic carbocycles. The van der Waals surface area contributed by atoms with Gasteiger partial charge in [0.15, 0.2) is 0 Å². The fourth-order valence-corrected chi connectivity index (χ4v) is 3.24. The van der Waals surface area contributed by atoms with Gasteiger partial charge in [-0.3, -0.25) is 9.69 Å². The molecule has 0 aromatic carbocycles. The number of halogens is 1. The van der Waals surface area contributed by atoms with Crippen LogP contribution in [-0.4, -0.2) is 40.0 Å². The van der Waals surface area contributed by atoms with Gasteiger partial charge in [0, 0.05) is 18.6 Å². The van der Waals surface area contributed by atoms with Gasteiger partial charge in [0.05, 0.1) is 6.33 Å². The SMILES string of the molecule is O=c1[nH]cnc(NC2CCN3CCCC23)c1Br. The van der Waals surface area contributed by atoms with Crippen molar-refractivity contribution in [3.8, 4) is 0 Å². The van der Waals surface area contributed by atoms with Crippen LogP contribution < -0.4 is 10.9 Å². The van der Waals surface area contributed by atoms with Crippen molar-refractivity contribution in [3.63, 3.8) is 0 Å². The first-order chi connectivity index (χ1) is 8.25. The molecule has 2 fully saturated rings. The summed E-state index contributed by atoms with van der Waals surface area (Å²) in [7, 11) is 0. The van der Waals surface area contributed by atoms with E-state index in [9.17, 15) is 4.79 Å². The zero-order valence-corrected chi connectivity index (χ0v) is 11.0. The Morgan fingerprint density at radius 3 is 3.24 bits per heavy atom. The first kappa shape index (κ1) is 11.2. The lowest BCUT2D eigenvalue weighted by molar-refractivity contribution is 0.318. The summed E-state index contributed by atoms with van der Waals surface area (Å²) in [5, 5.41) is 3.40. The van der Waals surface area contributed by atoms with E-state index < -0.39 is 0 Å². The highest BCUT2D eigenvalue weighted by Crippen LogP contribution is 2.30. The third-order valence-corrected chi connectivity index (χ3v) is 4.46. The largest absolute Gasteiger partial charge is 0.365 e. The second kappa shape index (κ2) is 4.42. The first-order valence-corrected chi connectivity index (χ1v) is 6.79. The number of fused-ring (bicyclic) bond motifs is 1. The van der Waals surface area contributed by atoms with Crippen LogP contribution in [0, 0.1) is 0 Å². The van der Waals surface area contributed by atoms with Gasteiger partial charge in [-0.2, -0.15) is 0 Å². The average molecular weight is 299 g/mol. The Bertz CT molecular complexity index is 475. The van der Waals surface area contributed by atoms with Crippen molar-refractivity contribution >= 4 is 21.7 Å². The Hall–Kier alpha value is -0.880. The van der Waals surface area contributed by atoms with Crippen LogP contribution >= 0.6 is 15.9 Å². The van der Waals surface area contributed by atoms with Gasteiger partial charge in [-0.1, -0.05) is 0 Å². The number of nitrogens with one attached hydrogen (secondary N) is 2. The van der Waals surface area contributed by atoms with Crippen LogP contribution in [0.25, 0.3) is 0 Å². The second-order valence-corrected chi connectivity index (χ2v) is 5.47. The summed E-state index contributed by atoms with van der Waals surface area (Å²) in [6.45, 7) is 2.37. The number of rotatable bonds is 2. The standard InChI is InChI=1S/C11H15BrN4O/c12-9-10(13-6-14-11(9)17)15-7-3-5-16-4-1-2-8(7)16/h6-8H,1-5H2,(H2,13,14,15,17). The van der Waals surface area contributed by atoms with E-state index in [1.807, 2.05) is 0 Å². The van der Waals surface area contributed by atoms with Crippen LogP contribution in [-0.2, 0) is 0 Å². The molecular weight excluding hydrogens is 284 g/mol. The van der Waals surface area contributed by atoms with Gasteiger partial charge in [0.25, 0.3) is 5.56 Å². The molecule has 5 nitrogen and oxygen atoms in total. The van der Waals surface area contributed by atoms with Gasteiger partial charge in [-0.05, 0) is 41.7 Å². The molecule has 2 saturated heterocycles. The predicted octanol–water partition coefficient (Wildman–Crippen LogP) is 1.18. The number of hydrogen-bond acceptors (Lipinski definition) is 4. The van der Waals surface area contributed by atoms with Crippen molar-refractivity contribution in [2.24, 2.45) is 0 Å². The predicted molar refractivity (Wildman–Crippen MR) is 69.2 cm³/mol. The molecule has 0 saturated carbocycles. The molecule has 0 amide bonds. The van der Waals surface area contributed by atoms with E-state index in [1.54, 1.807) is 0 Å². The summed E-state index contributed by atoms with van der Waals surface area (Å²) in [5.41, 5.74) is -0.135. The maximum absolute atomic E-state index is 11.4. The number of nitrogens with zero attached hydrogens (tertiary/aromatic N) is 2. The molecule has 1 aromatic rings. The van der Waals surface area contributed by atoms with Crippen LogP contribution in [0.2, 0.25) is 0 Å². The quantitative estimate of drug-likeness (QED) is 0.861. The molecule has 0 radical (unpaired) electrons. The molecule has 2 aliphatic heterocycles. The highest BCUT2D eigenvalue weighted by Gasteiger charge is 2.37. The fourth-order valence-electron chi connectivity index (χ4n) is 2.91. The minimum absolute atomic E-state index is 0.135. The third kappa shape index (κ3) is 1.99. The third-order valence-electron chi connectivity index (χ3n) is 3.72. The zero-order valence-electron chi connectivity index (χ0n) is 9.45. The van der Waals surface area contributed by atoms with Crippen LogP contribution in [0.4, 0.5) is 5.82 Å². The Labute approximate surface area is 108 Å². The molecule has 17 heavy (non-hydrogen) atoms. The van der Waals surface area contributed by atoms with E-state index in [2.05, 4.69) is 36.1 Å². The summed E-state index contributed by atoms with van der Waals surface area (Å²) in [5.74, 6) is 0.660. The van der Waals surface area contributed by atoms with Gasteiger partial charge >= 0.3 is 0 Å². The van der Waals surface area contributed by atoms with Crippen molar-refractivity contribution in [1.29, 1.82) is 0 Å². The van der Waals surface area contributed by atoms with Gasteiger partial charge in [0.2, 0.25) is 0 Å². The molecule has 0 spiro atoms. The molecule has 1 aromatic heterocycles. The number of aromatic nitrogens is 2.